The van der Waals surface area contributed by atoms with Crippen molar-refractivity contribution in [2.45, 2.75) is 6.54 Å². The van der Waals surface area contributed by atoms with Crippen LogP contribution in [-0.4, -0.2) is 24.9 Å². The highest BCUT2D eigenvalue weighted by molar-refractivity contribution is 7.12. The molecule has 3 aromatic heterocycles. The van der Waals surface area contributed by atoms with Gasteiger partial charge < -0.3 is 4.57 Å². The van der Waals surface area contributed by atoms with Gasteiger partial charge in [0.1, 0.15) is 6.33 Å². The smallest absolute Gasteiger partial charge is 0.233 e. The van der Waals surface area contributed by atoms with Crippen molar-refractivity contribution in [1.82, 2.24) is 19.2 Å². The summed E-state index contributed by atoms with van der Waals surface area (Å²) in [6.45, 7) is 0.274. The van der Waals surface area contributed by atoms with E-state index in [1.807, 2.05) is 46.3 Å². The van der Waals surface area contributed by atoms with Gasteiger partial charge in [0.15, 0.2) is 5.78 Å². The molecule has 0 saturated heterocycles. The van der Waals surface area contributed by atoms with E-state index < -0.39 is 0 Å². The van der Waals surface area contributed by atoms with Gasteiger partial charge in [0, 0.05) is 0 Å². The SMILES string of the molecule is O=C(Cn1c2ccccc2n2ncnc12)c1cccs1. The lowest BCUT2D eigenvalue weighted by atomic mass is 10.3. The van der Waals surface area contributed by atoms with Crippen molar-refractivity contribution in [2.24, 2.45) is 0 Å². The van der Waals surface area contributed by atoms with Crippen molar-refractivity contribution >= 4 is 33.9 Å². The first-order chi connectivity index (χ1) is 9.84. The molecule has 0 bridgehead atoms. The van der Waals surface area contributed by atoms with Crippen molar-refractivity contribution in [2.75, 3.05) is 0 Å². The average Bonchev–Trinajstić information content (AvgIpc) is 3.17. The van der Waals surface area contributed by atoms with Gasteiger partial charge in [-0.2, -0.15) is 14.6 Å². The average molecular weight is 282 g/mol. The molecule has 6 heteroatoms. The molecule has 1 aromatic carbocycles. The molecule has 0 radical (unpaired) electrons. The summed E-state index contributed by atoms with van der Waals surface area (Å²) in [7, 11) is 0. The van der Waals surface area contributed by atoms with Crippen LogP contribution in [0.1, 0.15) is 9.67 Å². The third-order valence-electron chi connectivity index (χ3n) is 3.27. The summed E-state index contributed by atoms with van der Waals surface area (Å²) in [6, 6.07) is 11.6. The molecule has 0 spiro atoms. The van der Waals surface area contributed by atoms with E-state index in [0.717, 1.165) is 15.9 Å². The Morgan fingerprint density at radius 3 is 2.80 bits per heavy atom. The highest BCUT2D eigenvalue weighted by Gasteiger charge is 2.15. The Morgan fingerprint density at radius 1 is 1.15 bits per heavy atom. The first-order valence-electron chi connectivity index (χ1n) is 6.18. The number of hydrogen-bond acceptors (Lipinski definition) is 4. The van der Waals surface area contributed by atoms with E-state index >= 15 is 0 Å². The van der Waals surface area contributed by atoms with Gasteiger partial charge in [0.05, 0.1) is 22.5 Å². The quantitative estimate of drug-likeness (QED) is 0.543. The summed E-state index contributed by atoms with van der Waals surface area (Å²) in [5.74, 6) is 0.780. The van der Waals surface area contributed by atoms with Crippen LogP contribution in [0.5, 0.6) is 0 Å². The van der Waals surface area contributed by atoms with Crippen molar-refractivity contribution in [3.63, 3.8) is 0 Å². The van der Waals surface area contributed by atoms with Gasteiger partial charge >= 0.3 is 0 Å². The molecule has 0 unspecified atom stereocenters. The first kappa shape index (κ1) is 11.4. The minimum Gasteiger partial charge on any atom is -0.300 e. The highest BCUT2D eigenvalue weighted by atomic mass is 32.1. The lowest BCUT2D eigenvalue weighted by Crippen LogP contribution is -2.09. The second kappa shape index (κ2) is 4.28. The van der Waals surface area contributed by atoms with E-state index in [4.69, 9.17) is 0 Å². The zero-order valence-corrected chi connectivity index (χ0v) is 11.2. The number of thiophene rings is 1. The number of nitrogens with zero attached hydrogens (tertiary/aromatic N) is 4. The monoisotopic (exact) mass is 282 g/mol. The number of para-hydroxylation sites is 2. The van der Waals surface area contributed by atoms with Gasteiger partial charge in [-0.05, 0) is 23.6 Å². The summed E-state index contributed by atoms with van der Waals surface area (Å²) in [5.41, 5.74) is 1.92. The molecule has 0 aliphatic rings. The van der Waals surface area contributed by atoms with E-state index in [1.54, 1.807) is 4.52 Å². The molecular formula is C14H10N4OS. The normalized spacial score (nSPS) is 11.4. The van der Waals surface area contributed by atoms with E-state index in [1.165, 1.54) is 17.7 Å². The maximum Gasteiger partial charge on any atom is 0.233 e. The fraction of sp³-hybridized carbons (Fsp3) is 0.0714. The lowest BCUT2D eigenvalue weighted by molar-refractivity contribution is 0.0978. The number of rotatable bonds is 3. The number of hydrogen-bond donors (Lipinski definition) is 0. The van der Waals surface area contributed by atoms with Gasteiger partial charge in [-0.3, -0.25) is 4.79 Å². The van der Waals surface area contributed by atoms with Crippen LogP contribution in [0.3, 0.4) is 0 Å². The summed E-state index contributed by atoms with van der Waals surface area (Å²) in [4.78, 5) is 17.3. The van der Waals surface area contributed by atoms with E-state index in [0.29, 0.717) is 5.78 Å². The number of imidazole rings is 1. The molecule has 0 saturated carbocycles. The molecule has 4 rings (SSSR count). The Bertz CT molecular complexity index is 904. The number of carbonyl (C=O) groups excluding carboxylic acids is 1. The predicted octanol–water partition coefficient (Wildman–Crippen LogP) is 2.63. The summed E-state index contributed by atoms with van der Waals surface area (Å²) >= 11 is 1.46. The first-order valence-corrected chi connectivity index (χ1v) is 7.06. The van der Waals surface area contributed by atoms with Crippen LogP contribution in [0.15, 0.2) is 48.1 Å². The minimum absolute atomic E-state index is 0.0891. The molecule has 4 aromatic rings. The van der Waals surface area contributed by atoms with Crippen molar-refractivity contribution in [1.29, 1.82) is 0 Å². The van der Waals surface area contributed by atoms with Gasteiger partial charge in [-0.15, -0.1) is 11.3 Å². The summed E-state index contributed by atoms with van der Waals surface area (Å²) in [6.07, 6.45) is 1.51. The third kappa shape index (κ3) is 1.58. The molecule has 0 atom stereocenters. The van der Waals surface area contributed by atoms with Crippen LogP contribution in [-0.2, 0) is 6.54 Å². The van der Waals surface area contributed by atoms with Gasteiger partial charge in [0.25, 0.3) is 0 Å². The molecule has 0 aliphatic heterocycles. The van der Waals surface area contributed by atoms with Gasteiger partial charge in [-0.1, -0.05) is 18.2 Å². The summed E-state index contributed by atoms with van der Waals surface area (Å²) in [5, 5.41) is 6.12. The standard InChI is InChI=1S/C14H10N4OS/c19-12(13-6-3-7-20-13)8-17-10-4-1-2-5-11(10)18-14(17)15-9-16-18/h1-7,9H,8H2. The van der Waals surface area contributed by atoms with Crippen LogP contribution in [0.2, 0.25) is 0 Å². The van der Waals surface area contributed by atoms with E-state index in [-0.39, 0.29) is 12.3 Å². The number of Topliss-reactive ketones (excluding diaryl/α,β-unsaturated/α-hetero) is 1. The molecule has 0 N–H and O–H groups in total. The maximum atomic E-state index is 12.3. The fourth-order valence-electron chi connectivity index (χ4n) is 2.38. The Hall–Kier alpha value is -2.47. The molecule has 98 valence electrons. The van der Waals surface area contributed by atoms with Crippen LogP contribution >= 0.6 is 11.3 Å². The molecule has 0 fully saturated rings. The molecule has 0 aliphatic carbocycles. The Morgan fingerprint density at radius 2 is 2.00 bits per heavy atom. The number of fused-ring (bicyclic) bond motifs is 3. The van der Waals surface area contributed by atoms with Crippen molar-refractivity contribution < 1.29 is 4.79 Å². The largest absolute Gasteiger partial charge is 0.300 e. The number of ketones is 1. The zero-order chi connectivity index (χ0) is 13.5. The number of benzene rings is 1. The molecule has 0 amide bonds. The van der Waals surface area contributed by atoms with Crippen molar-refractivity contribution in [3.05, 3.63) is 53.0 Å². The Labute approximate surface area is 118 Å². The number of aromatic nitrogens is 4. The number of carbonyl (C=O) groups is 1. The maximum absolute atomic E-state index is 12.3. The molecular weight excluding hydrogens is 272 g/mol. The highest BCUT2D eigenvalue weighted by Crippen LogP contribution is 2.20. The van der Waals surface area contributed by atoms with E-state index in [9.17, 15) is 4.79 Å². The predicted molar refractivity (Wildman–Crippen MR) is 77.1 cm³/mol. The fourth-order valence-corrected chi connectivity index (χ4v) is 3.04. The van der Waals surface area contributed by atoms with Crippen LogP contribution in [0.4, 0.5) is 0 Å². The lowest BCUT2D eigenvalue weighted by Gasteiger charge is -2.02. The van der Waals surface area contributed by atoms with Gasteiger partial charge in [-0.25, -0.2) is 0 Å². The van der Waals surface area contributed by atoms with Crippen LogP contribution < -0.4 is 0 Å². The third-order valence-corrected chi connectivity index (χ3v) is 4.18. The Kier molecular flexibility index (Phi) is 2.43. The van der Waals surface area contributed by atoms with Crippen molar-refractivity contribution in [3.8, 4) is 0 Å². The Balaban J connectivity index is 1.89. The van der Waals surface area contributed by atoms with E-state index in [2.05, 4.69) is 10.1 Å². The molecule has 3 heterocycles. The topological polar surface area (TPSA) is 52.2 Å². The second-order valence-electron chi connectivity index (χ2n) is 4.45. The van der Waals surface area contributed by atoms with Crippen LogP contribution in [0.25, 0.3) is 16.8 Å². The van der Waals surface area contributed by atoms with Crippen LogP contribution in [0, 0.1) is 0 Å². The molecule has 5 nitrogen and oxygen atoms in total. The zero-order valence-electron chi connectivity index (χ0n) is 10.4. The van der Waals surface area contributed by atoms with Gasteiger partial charge in [0.2, 0.25) is 5.78 Å². The molecule has 20 heavy (non-hydrogen) atoms. The second-order valence-corrected chi connectivity index (χ2v) is 5.39. The summed E-state index contributed by atoms with van der Waals surface area (Å²) < 4.78 is 3.67. The minimum atomic E-state index is 0.0891.